The first-order valence-corrected chi connectivity index (χ1v) is 11.2. The van der Waals surface area contributed by atoms with E-state index < -0.39 is 11.3 Å². The number of likely N-dealkylation sites (N-methyl/N-ethyl adjacent to an activating group) is 1. The van der Waals surface area contributed by atoms with Crippen LogP contribution in [0.4, 0.5) is 8.78 Å². The SMILES string of the molecule is CCC(CCc1ccc(C2(F)CC2)c(C2(F)CC2)c1)N(C)CCc1ccccc1. The molecule has 3 heteroatoms. The average molecular weight is 398 g/mol. The molecule has 0 N–H and O–H groups in total. The summed E-state index contributed by atoms with van der Waals surface area (Å²) in [6, 6.07) is 17.0. The molecule has 0 heterocycles. The molecule has 1 unspecified atom stereocenters. The van der Waals surface area contributed by atoms with Gasteiger partial charge in [0.1, 0.15) is 11.3 Å². The minimum Gasteiger partial charge on any atom is -0.303 e. The average Bonchev–Trinajstić information content (AvgIpc) is 3.66. The second-order valence-electron chi connectivity index (χ2n) is 9.13. The Labute approximate surface area is 174 Å². The smallest absolute Gasteiger partial charge is 0.136 e. The lowest BCUT2D eigenvalue weighted by atomic mass is 9.92. The minimum absolute atomic E-state index is 0.498. The van der Waals surface area contributed by atoms with Crippen molar-refractivity contribution in [2.75, 3.05) is 13.6 Å². The van der Waals surface area contributed by atoms with E-state index in [-0.39, 0.29) is 0 Å². The summed E-state index contributed by atoms with van der Waals surface area (Å²) in [5, 5.41) is 0. The van der Waals surface area contributed by atoms with Crippen molar-refractivity contribution in [3.05, 3.63) is 70.8 Å². The van der Waals surface area contributed by atoms with Crippen molar-refractivity contribution < 1.29 is 8.78 Å². The highest BCUT2D eigenvalue weighted by atomic mass is 19.1. The molecule has 0 bridgehead atoms. The van der Waals surface area contributed by atoms with E-state index in [1.807, 2.05) is 18.2 Å². The number of hydrogen-bond acceptors (Lipinski definition) is 1. The Balaban J connectivity index is 1.38. The molecule has 0 aliphatic heterocycles. The Kier molecular flexibility index (Phi) is 5.79. The number of hydrogen-bond donors (Lipinski definition) is 0. The van der Waals surface area contributed by atoms with Crippen LogP contribution < -0.4 is 0 Å². The Morgan fingerprint density at radius 2 is 1.52 bits per heavy atom. The van der Waals surface area contributed by atoms with Crippen molar-refractivity contribution in [1.29, 1.82) is 0 Å². The number of halogens is 2. The van der Waals surface area contributed by atoms with Crippen LogP contribution in [0.2, 0.25) is 0 Å². The van der Waals surface area contributed by atoms with Gasteiger partial charge in [-0.1, -0.05) is 55.5 Å². The van der Waals surface area contributed by atoms with Crippen molar-refractivity contribution in [3.8, 4) is 0 Å². The summed E-state index contributed by atoms with van der Waals surface area (Å²) < 4.78 is 29.6. The van der Waals surface area contributed by atoms with E-state index in [1.54, 1.807) is 0 Å². The Bertz CT molecular complexity index is 824. The Morgan fingerprint density at radius 1 is 0.862 bits per heavy atom. The molecule has 2 saturated carbocycles. The molecule has 0 saturated heterocycles. The predicted octanol–water partition coefficient (Wildman–Crippen LogP) is 6.49. The number of nitrogens with zero attached hydrogens (tertiary/aromatic N) is 1. The standard InChI is InChI=1S/C26H33F2N/c1-3-22(29(2)18-13-20-7-5-4-6-8-20)11-9-21-10-12-23(25(27)14-15-25)24(19-21)26(28)16-17-26/h4-8,10,12,19,22H,3,9,11,13-18H2,1-2H3. The number of benzene rings is 2. The van der Waals surface area contributed by atoms with Crippen molar-refractivity contribution in [3.63, 3.8) is 0 Å². The van der Waals surface area contributed by atoms with Gasteiger partial charge in [-0.05, 0) is 80.7 Å². The van der Waals surface area contributed by atoms with Crippen LogP contribution in [0, 0.1) is 0 Å². The fraction of sp³-hybridized carbons (Fsp3) is 0.538. The highest BCUT2D eigenvalue weighted by Crippen LogP contribution is 2.58. The molecular weight excluding hydrogens is 364 g/mol. The topological polar surface area (TPSA) is 3.24 Å². The predicted molar refractivity (Wildman–Crippen MR) is 116 cm³/mol. The van der Waals surface area contributed by atoms with Crippen LogP contribution in [0.5, 0.6) is 0 Å². The fourth-order valence-electron chi connectivity index (χ4n) is 4.47. The Morgan fingerprint density at radius 3 is 2.14 bits per heavy atom. The van der Waals surface area contributed by atoms with Gasteiger partial charge < -0.3 is 4.90 Å². The van der Waals surface area contributed by atoms with Gasteiger partial charge in [0.2, 0.25) is 0 Å². The van der Waals surface area contributed by atoms with E-state index in [9.17, 15) is 8.78 Å². The third kappa shape index (κ3) is 4.71. The normalized spacial score (nSPS) is 19.9. The van der Waals surface area contributed by atoms with Crippen LogP contribution in [0.3, 0.4) is 0 Å². The van der Waals surface area contributed by atoms with Crippen LogP contribution in [0.1, 0.15) is 67.7 Å². The van der Waals surface area contributed by atoms with Gasteiger partial charge in [-0.25, -0.2) is 8.78 Å². The molecule has 0 aromatic heterocycles. The maximum Gasteiger partial charge on any atom is 0.136 e. The van der Waals surface area contributed by atoms with E-state index in [0.717, 1.165) is 37.8 Å². The first-order valence-electron chi connectivity index (χ1n) is 11.2. The number of aryl methyl sites for hydroxylation is 1. The molecule has 2 aromatic carbocycles. The van der Waals surface area contributed by atoms with Crippen LogP contribution in [0.15, 0.2) is 48.5 Å². The molecule has 0 radical (unpaired) electrons. The molecule has 2 aliphatic rings. The van der Waals surface area contributed by atoms with Crippen LogP contribution in [0.25, 0.3) is 0 Å². The van der Waals surface area contributed by atoms with Crippen molar-refractivity contribution >= 4 is 0 Å². The van der Waals surface area contributed by atoms with Crippen LogP contribution in [-0.4, -0.2) is 24.5 Å². The fourth-order valence-corrected chi connectivity index (χ4v) is 4.47. The minimum atomic E-state index is -1.27. The summed E-state index contributed by atoms with van der Waals surface area (Å²) in [5.41, 5.74) is 1.23. The molecule has 0 spiro atoms. The van der Waals surface area contributed by atoms with Crippen LogP contribution >= 0.6 is 0 Å². The van der Waals surface area contributed by atoms with Gasteiger partial charge >= 0.3 is 0 Å². The quantitative estimate of drug-likeness (QED) is 0.443. The van der Waals surface area contributed by atoms with E-state index >= 15 is 0 Å². The highest BCUT2D eigenvalue weighted by Gasteiger charge is 2.53. The second-order valence-corrected chi connectivity index (χ2v) is 9.13. The zero-order valence-electron chi connectivity index (χ0n) is 17.8. The largest absolute Gasteiger partial charge is 0.303 e. The molecule has 2 fully saturated rings. The highest BCUT2D eigenvalue weighted by molar-refractivity contribution is 5.44. The van der Waals surface area contributed by atoms with E-state index in [0.29, 0.717) is 42.9 Å². The molecule has 2 aromatic rings. The van der Waals surface area contributed by atoms with Crippen molar-refractivity contribution in [2.24, 2.45) is 0 Å². The summed E-state index contributed by atoms with van der Waals surface area (Å²) in [4.78, 5) is 2.45. The number of alkyl halides is 2. The molecule has 156 valence electrons. The molecular formula is C26H33F2N. The van der Waals surface area contributed by atoms with E-state index in [1.165, 1.54) is 5.56 Å². The molecule has 0 amide bonds. The summed E-state index contributed by atoms with van der Waals surface area (Å²) >= 11 is 0. The molecule has 29 heavy (non-hydrogen) atoms. The molecule has 2 aliphatic carbocycles. The van der Waals surface area contributed by atoms with Gasteiger partial charge in [-0.2, -0.15) is 0 Å². The Hall–Kier alpha value is -1.74. The lowest BCUT2D eigenvalue weighted by Crippen LogP contribution is -2.33. The summed E-state index contributed by atoms with van der Waals surface area (Å²) in [5.74, 6) is 0. The monoisotopic (exact) mass is 397 g/mol. The summed E-state index contributed by atoms with van der Waals surface area (Å²) in [6.45, 7) is 3.27. The van der Waals surface area contributed by atoms with Gasteiger partial charge in [0.25, 0.3) is 0 Å². The van der Waals surface area contributed by atoms with Crippen LogP contribution in [-0.2, 0) is 24.2 Å². The van der Waals surface area contributed by atoms with Gasteiger partial charge in [0.15, 0.2) is 0 Å². The zero-order valence-corrected chi connectivity index (χ0v) is 17.8. The first-order chi connectivity index (χ1) is 13.9. The van der Waals surface area contributed by atoms with Gasteiger partial charge in [0, 0.05) is 12.6 Å². The second kappa shape index (κ2) is 8.18. The lowest BCUT2D eigenvalue weighted by Gasteiger charge is -2.27. The van der Waals surface area contributed by atoms with Crippen molar-refractivity contribution in [1.82, 2.24) is 4.90 Å². The molecule has 1 atom stereocenters. The van der Waals surface area contributed by atoms with E-state index in [4.69, 9.17) is 0 Å². The van der Waals surface area contributed by atoms with Gasteiger partial charge in [-0.15, -0.1) is 0 Å². The third-order valence-corrected chi connectivity index (χ3v) is 6.88. The maximum absolute atomic E-state index is 14.9. The van der Waals surface area contributed by atoms with Gasteiger partial charge in [0.05, 0.1) is 0 Å². The summed E-state index contributed by atoms with van der Waals surface area (Å²) in [7, 11) is 2.20. The maximum atomic E-state index is 14.9. The molecule has 4 rings (SSSR count). The first kappa shape index (κ1) is 20.5. The van der Waals surface area contributed by atoms with Gasteiger partial charge in [-0.3, -0.25) is 0 Å². The summed E-state index contributed by atoms with van der Waals surface area (Å²) in [6.07, 6.45) is 6.27. The third-order valence-electron chi connectivity index (χ3n) is 6.88. The lowest BCUT2D eigenvalue weighted by molar-refractivity contribution is 0.226. The zero-order chi connectivity index (χ0) is 20.5. The molecule has 1 nitrogen and oxygen atoms in total. The van der Waals surface area contributed by atoms with E-state index in [2.05, 4.69) is 49.2 Å². The van der Waals surface area contributed by atoms with Crippen molar-refractivity contribution in [2.45, 2.75) is 75.7 Å². The number of rotatable bonds is 10.